The minimum Gasteiger partial charge on any atom is -0.345 e. The number of sulfonamides is 1. The highest BCUT2D eigenvalue weighted by atomic mass is 35.5. The van der Waals surface area contributed by atoms with E-state index in [1.165, 1.54) is 6.07 Å². The number of carbonyl (C=O) groups excluding carboxylic acids is 1. The topological polar surface area (TPSA) is 101 Å². The van der Waals surface area contributed by atoms with Gasteiger partial charge in [-0.3, -0.25) is 9.52 Å². The smallest absolute Gasteiger partial charge is 0.264 e. The van der Waals surface area contributed by atoms with Gasteiger partial charge in [0, 0.05) is 10.0 Å². The van der Waals surface area contributed by atoms with E-state index in [0.717, 1.165) is 17.3 Å². The molecule has 0 aliphatic rings. The van der Waals surface area contributed by atoms with Gasteiger partial charge in [0.1, 0.15) is 15.9 Å². The molecule has 0 radical (unpaired) electrons. The van der Waals surface area contributed by atoms with Gasteiger partial charge in [0.15, 0.2) is 0 Å². The lowest BCUT2D eigenvalue weighted by molar-refractivity contribution is 0.0941. The fourth-order valence-corrected chi connectivity index (χ4v) is 5.75. The molecule has 3 aromatic carbocycles. The average Bonchev–Trinajstić information content (AvgIpc) is 3.22. The van der Waals surface area contributed by atoms with E-state index in [0.29, 0.717) is 21.1 Å². The van der Waals surface area contributed by atoms with Crippen LogP contribution in [0.1, 0.15) is 34.5 Å². The molecule has 0 aliphatic carbocycles. The zero-order valence-electron chi connectivity index (χ0n) is 17.5. The zero-order chi connectivity index (χ0) is 23.8. The molecule has 7 nitrogen and oxygen atoms in total. The molecular weight excluding hydrogens is 503 g/mol. The molecule has 1 atom stereocenters. The Morgan fingerprint density at radius 2 is 1.85 bits per heavy atom. The molecule has 33 heavy (non-hydrogen) atoms. The maximum atomic E-state index is 13.2. The van der Waals surface area contributed by atoms with Crippen LogP contribution in [0.3, 0.4) is 0 Å². The summed E-state index contributed by atoms with van der Waals surface area (Å²) in [4.78, 5) is 13.1. The van der Waals surface area contributed by atoms with Crippen LogP contribution in [0.5, 0.6) is 0 Å². The highest BCUT2D eigenvalue weighted by Crippen LogP contribution is 2.28. The number of anilines is 1. The Kier molecular flexibility index (Phi) is 6.58. The normalized spacial score (nSPS) is 12.5. The van der Waals surface area contributed by atoms with Crippen molar-refractivity contribution in [2.45, 2.75) is 24.8 Å². The van der Waals surface area contributed by atoms with Gasteiger partial charge in [0.25, 0.3) is 15.9 Å². The van der Waals surface area contributed by atoms with Crippen LogP contribution < -0.4 is 10.0 Å². The molecule has 0 saturated carbocycles. The van der Waals surface area contributed by atoms with Crippen LogP contribution in [0.15, 0.2) is 59.5 Å². The summed E-state index contributed by atoms with van der Waals surface area (Å²) in [6, 6.07) is 14.2. The van der Waals surface area contributed by atoms with Crippen LogP contribution in [0.25, 0.3) is 11.0 Å². The van der Waals surface area contributed by atoms with Crippen molar-refractivity contribution in [3.63, 3.8) is 0 Å². The predicted molar refractivity (Wildman–Crippen MR) is 132 cm³/mol. The first kappa shape index (κ1) is 23.4. The highest BCUT2D eigenvalue weighted by Gasteiger charge is 2.23. The van der Waals surface area contributed by atoms with E-state index in [1.807, 2.05) is 0 Å². The number of benzene rings is 3. The summed E-state index contributed by atoms with van der Waals surface area (Å²) < 4.78 is 37.1. The maximum Gasteiger partial charge on any atom is 0.264 e. The van der Waals surface area contributed by atoms with Gasteiger partial charge < -0.3 is 5.32 Å². The van der Waals surface area contributed by atoms with E-state index in [4.69, 9.17) is 23.2 Å². The van der Waals surface area contributed by atoms with Gasteiger partial charge in [-0.25, -0.2) is 8.42 Å². The SMILES string of the molecule is Cc1ccc(C(=O)N[C@H](C)c2ccc(Cl)cc2Cl)c(NS(=O)(=O)c2cccc3nsnc23)c1. The van der Waals surface area contributed by atoms with Gasteiger partial charge in [-0.05, 0) is 61.4 Å². The average molecular weight is 521 g/mol. The second kappa shape index (κ2) is 9.26. The Morgan fingerprint density at radius 1 is 1.06 bits per heavy atom. The quantitative estimate of drug-likeness (QED) is 0.344. The van der Waals surface area contributed by atoms with Crippen LogP contribution in [0.4, 0.5) is 5.69 Å². The summed E-state index contributed by atoms with van der Waals surface area (Å²) in [6.45, 7) is 3.58. The molecule has 4 rings (SSSR count). The number of fused-ring (bicyclic) bond motifs is 1. The Labute approximate surface area is 205 Å². The van der Waals surface area contributed by atoms with Crippen molar-refractivity contribution < 1.29 is 13.2 Å². The number of hydrogen-bond acceptors (Lipinski definition) is 6. The highest BCUT2D eigenvalue weighted by molar-refractivity contribution is 7.93. The third-order valence-electron chi connectivity index (χ3n) is 4.98. The molecule has 0 saturated heterocycles. The van der Waals surface area contributed by atoms with E-state index < -0.39 is 22.0 Å². The predicted octanol–water partition coefficient (Wildman–Crippen LogP) is 5.60. The van der Waals surface area contributed by atoms with Crippen LogP contribution in [-0.4, -0.2) is 23.1 Å². The van der Waals surface area contributed by atoms with Gasteiger partial charge >= 0.3 is 0 Å². The third kappa shape index (κ3) is 4.96. The summed E-state index contributed by atoms with van der Waals surface area (Å²) in [5.74, 6) is -0.459. The molecule has 0 unspecified atom stereocenters. The van der Waals surface area contributed by atoms with Gasteiger partial charge in [0.05, 0.1) is 29.0 Å². The van der Waals surface area contributed by atoms with Crippen molar-refractivity contribution in [1.29, 1.82) is 0 Å². The number of amides is 1. The summed E-state index contributed by atoms with van der Waals surface area (Å²) in [6.07, 6.45) is 0. The lowest BCUT2D eigenvalue weighted by atomic mass is 10.1. The molecule has 11 heteroatoms. The molecule has 1 amide bonds. The molecule has 1 aromatic heterocycles. The molecule has 4 aromatic rings. The number of rotatable bonds is 6. The summed E-state index contributed by atoms with van der Waals surface area (Å²) >= 11 is 13.1. The van der Waals surface area contributed by atoms with Crippen LogP contribution in [0, 0.1) is 6.92 Å². The molecular formula is C22H18Cl2N4O3S2. The molecule has 2 N–H and O–H groups in total. The second-order valence-corrected chi connectivity index (χ2v) is 10.4. The first-order valence-corrected chi connectivity index (χ1v) is 12.7. The minimum atomic E-state index is -4.04. The van der Waals surface area contributed by atoms with E-state index >= 15 is 0 Å². The lowest BCUT2D eigenvalue weighted by Gasteiger charge is -2.18. The third-order valence-corrected chi connectivity index (χ3v) is 7.48. The number of aromatic nitrogens is 2. The maximum absolute atomic E-state index is 13.2. The monoisotopic (exact) mass is 520 g/mol. The molecule has 0 spiro atoms. The standard InChI is InChI=1S/C22H18Cl2N4O3S2/c1-12-6-8-16(22(29)25-13(2)15-9-7-14(23)11-17(15)24)19(10-12)28-33(30,31)20-5-3-4-18-21(20)27-32-26-18/h3-11,13,28H,1-2H3,(H,25,29)/t13-/m1/s1. The lowest BCUT2D eigenvalue weighted by Crippen LogP contribution is -2.28. The van der Waals surface area contributed by atoms with E-state index in [-0.39, 0.29) is 21.7 Å². The molecule has 0 fully saturated rings. The Morgan fingerprint density at radius 3 is 2.61 bits per heavy atom. The fourth-order valence-electron chi connectivity index (χ4n) is 3.34. The number of carbonyl (C=O) groups is 1. The summed E-state index contributed by atoms with van der Waals surface area (Å²) in [5, 5.41) is 3.77. The number of halogens is 2. The summed E-state index contributed by atoms with van der Waals surface area (Å²) in [5.41, 5.74) is 2.56. The minimum absolute atomic E-state index is 0.0112. The number of hydrogen-bond donors (Lipinski definition) is 2. The Bertz CT molecular complexity index is 1470. The largest absolute Gasteiger partial charge is 0.345 e. The van der Waals surface area contributed by atoms with E-state index in [1.54, 1.807) is 62.4 Å². The number of nitrogens with one attached hydrogen (secondary N) is 2. The van der Waals surface area contributed by atoms with E-state index in [9.17, 15) is 13.2 Å². The number of aryl methyl sites for hydroxylation is 1. The van der Waals surface area contributed by atoms with Crippen LogP contribution in [0.2, 0.25) is 10.0 Å². The van der Waals surface area contributed by atoms with Crippen LogP contribution >= 0.6 is 34.9 Å². The Hall–Kier alpha value is -2.72. The first-order chi connectivity index (χ1) is 15.7. The molecule has 0 aliphatic heterocycles. The van der Waals surface area contributed by atoms with Crippen LogP contribution in [-0.2, 0) is 10.0 Å². The van der Waals surface area contributed by atoms with Crippen molar-refractivity contribution in [3.8, 4) is 0 Å². The van der Waals surface area contributed by atoms with Crippen molar-refractivity contribution in [2.75, 3.05) is 4.72 Å². The molecule has 0 bridgehead atoms. The van der Waals surface area contributed by atoms with E-state index in [2.05, 4.69) is 18.8 Å². The van der Waals surface area contributed by atoms with Gasteiger partial charge in [-0.15, -0.1) is 0 Å². The van der Waals surface area contributed by atoms with Crippen molar-refractivity contribution in [1.82, 2.24) is 14.1 Å². The number of nitrogens with zero attached hydrogens (tertiary/aromatic N) is 2. The van der Waals surface area contributed by atoms with Crippen molar-refractivity contribution in [3.05, 3.63) is 81.3 Å². The summed E-state index contributed by atoms with van der Waals surface area (Å²) in [7, 11) is -4.04. The second-order valence-electron chi connectivity index (χ2n) is 7.40. The molecule has 1 heterocycles. The van der Waals surface area contributed by atoms with Gasteiger partial charge in [-0.2, -0.15) is 8.75 Å². The molecule has 170 valence electrons. The first-order valence-electron chi connectivity index (χ1n) is 9.76. The fraction of sp³-hybridized carbons (Fsp3) is 0.136. The Balaban J connectivity index is 1.65. The van der Waals surface area contributed by atoms with Gasteiger partial charge in [0.2, 0.25) is 0 Å². The van der Waals surface area contributed by atoms with Crippen molar-refractivity contribution in [2.24, 2.45) is 0 Å². The zero-order valence-corrected chi connectivity index (χ0v) is 20.6. The van der Waals surface area contributed by atoms with Crippen molar-refractivity contribution >= 4 is 67.6 Å². The van der Waals surface area contributed by atoms with Gasteiger partial charge in [-0.1, -0.05) is 41.4 Å².